The Labute approximate surface area is 137 Å². The summed E-state index contributed by atoms with van der Waals surface area (Å²) in [5.74, 6) is -1.15. The van der Waals surface area contributed by atoms with Gasteiger partial charge in [0.2, 0.25) is 5.82 Å². The summed E-state index contributed by atoms with van der Waals surface area (Å²) < 4.78 is 76.0. The Morgan fingerprint density at radius 3 is 2.08 bits per heavy atom. The van der Waals surface area contributed by atoms with Crippen molar-refractivity contribution in [1.82, 2.24) is 14.6 Å². The van der Waals surface area contributed by atoms with E-state index in [9.17, 15) is 26.3 Å². The molecular weight excluding hydrogens is 350 g/mol. The van der Waals surface area contributed by atoms with Gasteiger partial charge in [0, 0.05) is 11.9 Å². The number of benzene rings is 1. The molecule has 132 valence electrons. The number of hydrogen-bond donors (Lipinski definition) is 1. The van der Waals surface area contributed by atoms with Gasteiger partial charge in [0.05, 0.1) is 0 Å². The van der Waals surface area contributed by atoms with Crippen LogP contribution >= 0.6 is 0 Å². The van der Waals surface area contributed by atoms with Gasteiger partial charge in [-0.3, -0.25) is 4.40 Å². The number of alkyl halides is 6. The molecule has 0 aliphatic carbocycles. The van der Waals surface area contributed by atoms with Crippen LogP contribution in [0, 0.1) is 0 Å². The van der Waals surface area contributed by atoms with E-state index in [1.54, 1.807) is 6.07 Å². The normalized spacial score (nSPS) is 12.6. The Hall–Kier alpha value is -2.78. The molecule has 0 radical (unpaired) electrons. The lowest BCUT2D eigenvalue weighted by Gasteiger charge is -2.10. The highest BCUT2D eigenvalue weighted by atomic mass is 19.4. The summed E-state index contributed by atoms with van der Waals surface area (Å²) in [5, 5.41) is 8.81. The second-order valence-corrected chi connectivity index (χ2v) is 5.21. The highest BCUT2D eigenvalue weighted by Crippen LogP contribution is 2.29. The molecule has 0 amide bonds. The quantitative estimate of drug-likeness (QED) is 0.705. The van der Waals surface area contributed by atoms with Gasteiger partial charge in [-0.15, -0.1) is 10.2 Å². The highest BCUT2D eigenvalue weighted by molar-refractivity contribution is 5.67. The van der Waals surface area contributed by atoms with Gasteiger partial charge >= 0.3 is 12.4 Å². The first-order chi connectivity index (χ1) is 11.6. The first kappa shape index (κ1) is 17.1. The molecule has 0 saturated carbocycles. The first-order valence-electron chi connectivity index (χ1n) is 6.96. The molecule has 3 aromatic rings. The Balaban J connectivity index is 1.89. The molecule has 0 spiro atoms. The number of nitrogens with zero attached hydrogens (tertiary/aromatic N) is 3. The van der Waals surface area contributed by atoms with Crippen LogP contribution in [0.2, 0.25) is 0 Å². The topological polar surface area (TPSA) is 42.2 Å². The predicted octanol–water partition coefficient (Wildman–Crippen LogP) is 4.39. The van der Waals surface area contributed by atoms with Gasteiger partial charge in [0.25, 0.3) is 0 Å². The summed E-state index contributed by atoms with van der Waals surface area (Å²) in [5.41, 5.74) is 1.28. The van der Waals surface area contributed by atoms with E-state index in [-0.39, 0.29) is 11.3 Å². The van der Waals surface area contributed by atoms with Crippen molar-refractivity contribution in [3.63, 3.8) is 0 Å². The van der Waals surface area contributed by atoms with Crippen LogP contribution in [0.5, 0.6) is 0 Å². The van der Waals surface area contributed by atoms with Crippen molar-refractivity contribution in [3.8, 4) is 11.1 Å². The molecule has 2 heterocycles. The molecule has 0 saturated heterocycles. The zero-order chi connectivity index (χ0) is 18.2. The number of hydrogen-bond acceptors (Lipinski definition) is 3. The molecular formula is C15H10F6N4. The van der Waals surface area contributed by atoms with Crippen LogP contribution in [0.15, 0.2) is 42.6 Å². The maximum Gasteiger partial charge on any atom is 0.452 e. The standard InChI is InChI=1S/C15H10F6N4/c16-14(17,18)8-22-11-4-1-9(2-5-11)10-3-6-12-23-24-13(15(19,20)21)25(12)7-10/h1-7,22H,8H2. The summed E-state index contributed by atoms with van der Waals surface area (Å²) in [4.78, 5) is 0. The van der Waals surface area contributed by atoms with Gasteiger partial charge in [-0.2, -0.15) is 26.3 Å². The van der Waals surface area contributed by atoms with E-state index in [1.807, 2.05) is 0 Å². The van der Waals surface area contributed by atoms with E-state index >= 15 is 0 Å². The van der Waals surface area contributed by atoms with Crippen molar-refractivity contribution in [1.29, 1.82) is 0 Å². The fourth-order valence-electron chi connectivity index (χ4n) is 2.24. The summed E-state index contributed by atoms with van der Waals surface area (Å²) >= 11 is 0. The average molecular weight is 360 g/mol. The van der Waals surface area contributed by atoms with Crippen molar-refractivity contribution < 1.29 is 26.3 Å². The Kier molecular flexibility index (Phi) is 4.05. The van der Waals surface area contributed by atoms with Gasteiger partial charge < -0.3 is 5.32 Å². The maximum absolute atomic E-state index is 12.9. The summed E-state index contributed by atoms with van der Waals surface area (Å²) in [6, 6.07) is 8.80. The SMILES string of the molecule is FC(F)(F)CNc1ccc(-c2ccc3nnc(C(F)(F)F)n3c2)cc1. The van der Waals surface area contributed by atoms with E-state index in [1.165, 1.54) is 36.5 Å². The molecule has 25 heavy (non-hydrogen) atoms. The van der Waals surface area contributed by atoms with Gasteiger partial charge in [-0.25, -0.2) is 0 Å². The molecule has 0 aliphatic rings. The van der Waals surface area contributed by atoms with Crippen molar-refractivity contribution in [3.05, 3.63) is 48.4 Å². The van der Waals surface area contributed by atoms with Crippen molar-refractivity contribution in [2.45, 2.75) is 12.4 Å². The Morgan fingerprint density at radius 2 is 1.48 bits per heavy atom. The number of anilines is 1. The van der Waals surface area contributed by atoms with Crippen LogP contribution in [0.3, 0.4) is 0 Å². The van der Waals surface area contributed by atoms with E-state index in [2.05, 4.69) is 15.5 Å². The van der Waals surface area contributed by atoms with Gasteiger partial charge in [-0.1, -0.05) is 12.1 Å². The Bertz CT molecular complexity index is 880. The highest BCUT2D eigenvalue weighted by Gasteiger charge is 2.36. The molecule has 4 nitrogen and oxygen atoms in total. The lowest BCUT2D eigenvalue weighted by Crippen LogP contribution is -2.21. The van der Waals surface area contributed by atoms with Crippen LogP contribution in [-0.4, -0.2) is 27.3 Å². The number of aromatic nitrogens is 3. The van der Waals surface area contributed by atoms with Crippen LogP contribution in [0.1, 0.15) is 5.82 Å². The zero-order valence-corrected chi connectivity index (χ0v) is 12.4. The number of pyridine rings is 1. The summed E-state index contributed by atoms with van der Waals surface area (Å²) in [6.07, 6.45) is -7.76. The lowest BCUT2D eigenvalue weighted by atomic mass is 10.1. The second kappa shape index (κ2) is 5.94. The summed E-state index contributed by atoms with van der Waals surface area (Å²) in [6.45, 7) is -1.17. The largest absolute Gasteiger partial charge is 0.452 e. The van der Waals surface area contributed by atoms with Gasteiger partial charge in [0.1, 0.15) is 6.54 Å². The molecule has 1 aromatic carbocycles. The molecule has 1 N–H and O–H groups in total. The molecule has 2 aromatic heterocycles. The fourth-order valence-corrected chi connectivity index (χ4v) is 2.24. The predicted molar refractivity (Wildman–Crippen MR) is 78.0 cm³/mol. The number of rotatable bonds is 3. The maximum atomic E-state index is 12.9. The minimum Gasteiger partial charge on any atom is -0.376 e. The van der Waals surface area contributed by atoms with E-state index < -0.39 is 24.7 Å². The molecule has 10 heteroatoms. The van der Waals surface area contributed by atoms with E-state index in [4.69, 9.17) is 0 Å². The number of halogens is 6. The van der Waals surface area contributed by atoms with Gasteiger partial charge in [0.15, 0.2) is 5.65 Å². The minimum absolute atomic E-state index is 0.0412. The lowest BCUT2D eigenvalue weighted by molar-refractivity contribution is -0.145. The summed E-state index contributed by atoms with van der Waals surface area (Å²) in [7, 11) is 0. The fraction of sp³-hybridized carbons (Fsp3) is 0.200. The Morgan fingerprint density at radius 1 is 0.840 bits per heavy atom. The van der Waals surface area contributed by atoms with E-state index in [0.29, 0.717) is 11.1 Å². The number of fused-ring (bicyclic) bond motifs is 1. The molecule has 0 fully saturated rings. The third-order valence-electron chi connectivity index (χ3n) is 3.37. The third kappa shape index (κ3) is 3.83. The van der Waals surface area contributed by atoms with Gasteiger partial charge in [-0.05, 0) is 35.4 Å². The number of nitrogens with one attached hydrogen (secondary N) is 1. The van der Waals surface area contributed by atoms with Crippen LogP contribution in [0.4, 0.5) is 32.0 Å². The third-order valence-corrected chi connectivity index (χ3v) is 3.37. The van der Waals surface area contributed by atoms with Crippen molar-refractivity contribution in [2.75, 3.05) is 11.9 Å². The smallest absolute Gasteiger partial charge is 0.376 e. The zero-order valence-electron chi connectivity index (χ0n) is 12.4. The second-order valence-electron chi connectivity index (χ2n) is 5.21. The molecule has 0 aliphatic heterocycles. The van der Waals surface area contributed by atoms with Crippen LogP contribution < -0.4 is 5.32 Å². The first-order valence-corrected chi connectivity index (χ1v) is 6.96. The van der Waals surface area contributed by atoms with Crippen LogP contribution in [-0.2, 0) is 6.18 Å². The molecule has 3 rings (SSSR count). The molecule has 0 unspecified atom stereocenters. The molecule has 0 bridgehead atoms. The van der Waals surface area contributed by atoms with E-state index in [0.717, 1.165) is 4.40 Å². The van der Waals surface area contributed by atoms with Crippen LogP contribution in [0.25, 0.3) is 16.8 Å². The monoisotopic (exact) mass is 360 g/mol. The minimum atomic E-state index is -4.65. The molecule has 0 atom stereocenters. The average Bonchev–Trinajstić information content (AvgIpc) is 2.96. The van der Waals surface area contributed by atoms with Crippen molar-refractivity contribution >= 4 is 11.3 Å². The van der Waals surface area contributed by atoms with Crippen molar-refractivity contribution in [2.24, 2.45) is 0 Å².